The fourth-order valence-electron chi connectivity index (χ4n) is 2.41. The van der Waals surface area contributed by atoms with E-state index in [-0.39, 0.29) is 0 Å². The molecule has 1 aromatic carbocycles. The molecule has 0 spiro atoms. The van der Waals surface area contributed by atoms with Gasteiger partial charge in [0.2, 0.25) is 0 Å². The van der Waals surface area contributed by atoms with Crippen LogP contribution in [-0.2, 0) is 6.42 Å². The van der Waals surface area contributed by atoms with E-state index in [1.54, 1.807) is 0 Å². The van der Waals surface area contributed by atoms with Crippen LogP contribution in [0.2, 0.25) is 5.02 Å². The van der Waals surface area contributed by atoms with Crippen molar-refractivity contribution in [1.82, 2.24) is 9.88 Å². The minimum atomic E-state index is 0.602. The van der Waals surface area contributed by atoms with Gasteiger partial charge in [-0.1, -0.05) is 11.6 Å². The molecule has 1 saturated carbocycles. The SMILES string of the molecule is CN(C(N)=NCCc1c[nH]c2ccc(Cl)cc12)C1CC1. The molecule has 0 atom stereocenters. The van der Waals surface area contributed by atoms with Gasteiger partial charge in [0.05, 0.1) is 0 Å². The van der Waals surface area contributed by atoms with Crippen molar-refractivity contribution < 1.29 is 0 Å². The molecule has 0 amide bonds. The number of guanidine groups is 1. The molecule has 0 unspecified atom stereocenters. The quantitative estimate of drug-likeness (QED) is 0.672. The average Bonchev–Trinajstić information content (AvgIpc) is 3.21. The van der Waals surface area contributed by atoms with E-state index in [2.05, 4.69) is 14.9 Å². The highest BCUT2D eigenvalue weighted by Crippen LogP contribution is 2.25. The first-order valence-corrected chi connectivity index (χ1v) is 7.31. The van der Waals surface area contributed by atoms with Crippen LogP contribution in [-0.4, -0.2) is 35.5 Å². The topological polar surface area (TPSA) is 57.4 Å². The number of nitrogens with two attached hydrogens (primary N) is 1. The lowest BCUT2D eigenvalue weighted by Crippen LogP contribution is -2.35. The molecular formula is C15H19ClN4. The van der Waals surface area contributed by atoms with Gasteiger partial charge in [0.15, 0.2) is 5.96 Å². The summed E-state index contributed by atoms with van der Waals surface area (Å²) in [6.45, 7) is 0.697. The van der Waals surface area contributed by atoms with Gasteiger partial charge in [-0.05, 0) is 43.0 Å². The molecule has 1 heterocycles. The fraction of sp³-hybridized carbons (Fsp3) is 0.400. The molecule has 1 aromatic heterocycles. The Labute approximate surface area is 123 Å². The van der Waals surface area contributed by atoms with Crippen LogP contribution in [0.1, 0.15) is 18.4 Å². The van der Waals surface area contributed by atoms with Gasteiger partial charge in [0, 0.05) is 41.8 Å². The summed E-state index contributed by atoms with van der Waals surface area (Å²) in [6, 6.07) is 6.49. The van der Waals surface area contributed by atoms with Gasteiger partial charge in [-0.3, -0.25) is 4.99 Å². The van der Waals surface area contributed by atoms with E-state index >= 15 is 0 Å². The highest BCUT2D eigenvalue weighted by atomic mass is 35.5. The summed E-state index contributed by atoms with van der Waals surface area (Å²) in [6.07, 6.45) is 5.35. The van der Waals surface area contributed by atoms with Crippen molar-refractivity contribution in [3.8, 4) is 0 Å². The van der Waals surface area contributed by atoms with Crippen LogP contribution < -0.4 is 5.73 Å². The Kier molecular flexibility index (Phi) is 3.57. The predicted molar refractivity (Wildman–Crippen MR) is 84.3 cm³/mol. The average molecular weight is 291 g/mol. The number of fused-ring (bicyclic) bond motifs is 1. The third-order valence-electron chi connectivity index (χ3n) is 3.84. The van der Waals surface area contributed by atoms with Crippen molar-refractivity contribution in [2.45, 2.75) is 25.3 Å². The Morgan fingerprint density at radius 2 is 2.30 bits per heavy atom. The van der Waals surface area contributed by atoms with Crippen LogP contribution in [0.4, 0.5) is 0 Å². The van der Waals surface area contributed by atoms with E-state index in [9.17, 15) is 0 Å². The Morgan fingerprint density at radius 1 is 1.50 bits per heavy atom. The van der Waals surface area contributed by atoms with Crippen molar-refractivity contribution in [2.75, 3.05) is 13.6 Å². The van der Waals surface area contributed by atoms with Crippen LogP contribution in [0.5, 0.6) is 0 Å². The van der Waals surface area contributed by atoms with Crippen LogP contribution in [0.3, 0.4) is 0 Å². The van der Waals surface area contributed by atoms with Gasteiger partial charge >= 0.3 is 0 Å². The maximum absolute atomic E-state index is 6.05. The van der Waals surface area contributed by atoms with Gasteiger partial charge in [-0.25, -0.2) is 0 Å². The predicted octanol–water partition coefficient (Wildman–Crippen LogP) is 2.77. The molecule has 0 radical (unpaired) electrons. The van der Waals surface area contributed by atoms with E-state index in [0.717, 1.165) is 17.0 Å². The molecule has 0 bridgehead atoms. The van der Waals surface area contributed by atoms with Crippen LogP contribution in [0.15, 0.2) is 29.4 Å². The molecule has 4 nitrogen and oxygen atoms in total. The van der Waals surface area contributed by atoms with Crippen LogP contribution >= 0.6 is 11.6 Å². The van der Waals surface area contributed by atoms with Gasteiger partial charge in [0.1, 0.15) is 0 Å². The molecule has 106 valence electrons. The number of aromatic amines is 1. The molecule has 5 heteroatoms. The lowest BCUT2D eigenvalue weighted by molar-refractivity contribution is 0.487. The summed E-state index contributed by atoms with van der Waals surface area (Å²) in [7, 11) is 2.02. The second kappa shape index (κ2) is 5.37. The Morgan fingerprint density at radius 3 is 3.05 bits per heavy atom. The number of benzene rings is 1. The van der Waals surface area contributed by atoms with E-state index < -0.39 is 0 Å². The molecule has 1 aliphatic rings. The van der Waals surface area contributed by atoms with Gasteiger partial charge in [-0.15, -0.1) is 0 Å². The number of aliphatic imine (C=N–C) groups is 1. The molecule has 0 aliphatic heterocycles. The van der Waals surface area contributed by atoms with Crippen molar-refractivity contribution in [2.24, 2.45) is 10.7 Å². The zero-order valence-corrected chi connectivity index (χ0v) is 12.3. The molecule has 0 saturated heterocycles. The molecule has 1 aliphatic carbocycles. The molecule has 20 heavy (non-hydrogen) atoms. The minimum absolute atomic E-state index is 0.602. The Bertz CT molecular complexity index is 642. The second-order valence-corrected chi connectivity index (χ2v) is 5.77. The normalized spacial score (nSPS) is 15.8. The Balaban J connectivity index is 1.67. The van der Waals surface area contributed by atoms with Crippen molar-refractivity contribution in [3.63, 3.8) is 0 Å². The van der Waals surface area contributed by atoms with E-state index in [1.165, 1.54) is 23.8 Å². The standard InChI is InChI=1S/C15H19ClN4/c1-20(12-3-4-12)15(17)18-7-6-10-9-19-14-5-2-11(16)8-13(10)14/h2,5,8-9,12,19H,3-4,6-7H2,1H3,(H2,17,18). The number of hydrogen-bond donors (Lipinski definition) is 2. The monoisotopic (exact) mass is 290 g/mol. The molecule has 3 rings (SSSR count). The smallest absolute Gasteiger partial charge is 0.191 e. The number of hydrogen-bond acceptors (Lipinski definition) is 1. The molecule has 1 fully saturated rings. The number of rotatable bonds is 4. The number of H-pyrrole nitrogens is 1. The third-order valence-corrected chi connectivity index (χ3v) is 4.08. The highest BCUT2D eigenvalue weighted by Gasteiger charge is 2.27. The summed E-state index contributed by atoms with van der Waals surface area (Å²) in [5, 5.41) is 1.93. The summed E-state index contributed by atoms with van der Waals surface area (Å²) in [5.74, 6) is 0.644. The summed E-state index contributed by atoms with van der Waals surface area (Å²) in [4.78, 5) is 9.79. The maximum Gasteiger partial charge on any atom is 0.191 e. The lowest BCUT2D eigenvalue weighted by atomic mass is 10.1. The van der Waals surface area contributed by atoms with Gasteiger partial charge in [-0.2, -0.15) is 0 Å². The van der Waals surface area contributed by atoms with E-state index in [1.807, 2.05) is 31.4 Å². The van der Waals surface area contributed by atoms with E-state index in [4.69, 9.17) is 17.3 Å². The van der Waals surface area contributed by atoms with Crippen LogP contribution in [0.25, 0.3) is 10.9 Å². The lowest BCUT2D eigenvalue weighted by Gasteiger charge is -2.16. The molecule has 3 N–H and O–H groups in total. The van der Waals surface area contributed by atoms with Crippen molar-refractivity contribution in [1.29, 1.82) is 0 Å². The summed E-state index contributed by atoms with van der Waals surface area (Å²) < 4.78 is 0. The maximum atomic E-state index is 6.05. The minimum Gasteiger partial charge on any atom is -0.370 e. The van der Waals surface area contributed by atoms with Crippen molar-refractivity contribution >= 4 is 28.5 Å². The van der Waals surface area contributed by atoms with Gasteiger partial charge in [0.25, 0.3) is 0 Å². The fourth-order valence-corrected chi connectivity index (χ4v) is 2.58. The van der Waals surface area contributed by atoms with E-state index in [0.29, 0.717) is 18.5 Å². The number of nitrogens with zero attached hydrogens (tertiary/aromatic N) is 2. The summed E-state index contributed by atoms with van der Waals surface area (Å²) in [5.41, 5.74) is 8.32. The number of halogens is 1. The highest BCUT2D eigenvalue weighted by molar-refractivity contribution is 6.31. The molecular weight excluding hydrogens is 272 g/mol. The second-order valence-electron chi connectivity index (χ2n) is 5.34. The largest absolute Gasteiger partial charge is 0.370 e. The number of aromatic nitrogens is 1. The third kappa shape index (κ3) is 2.75. The first-order chi connectivity index (χ1) is 9.65. The summed E-state index contributed by atoms with van der Waals surface area (Å²) >= 11 is 6.05. The first kappa shape index (κ1) is 13.3. The van der Waals surface area contributed by atoms with Gasteiger partial charge < -0.3 is 15.6 Å². The number of nitrogens with one attached hydrogen (secondary N) is 1. The zero-order chi connectivity index (χ0) is 14.1. The first-order valence-electron chi connectivity index (χ1n) is 6.93. The zero-order valence-electron chi connectivity index (χ0n) is 11.6. The van der Waals surface area contributed by atoms with Crippen LogP contribution in [0, 0.1) is 0 Å². The Hall–Kier alpha value is -1.68. The molecule has 2 aromatic rings. The van der Waals surface area contributed by atoms with Crippen molar-refractivity contribution in [3.05, 3.63) is 35.0 Å².